The predicted molar refractivity (Wildman–Crippen MR) is 36.1 cm³/mol. The second-order valence-electron chi connectivity index (χ2n) is 2.94. The van der Waals surface area contributed by atoms with Crippen LogP contribution in [0.2, 0.25) is 0 Å². The second kappa shape index (κ2) is 2.68. The average molecular weight is 161 g/mol. The van der Waals surface area contributed by atoms with Crippen molar-refractivity contribution in [2.45, 2.75) is 25.2 Å². The van der Waals surface area contributed by atoms with Crippen molar-refractivity contribution in [1.29, 1.82) is 5.41 Å². The van der Waals surface area contributed by atoms with Crippen molar-refractivity contribution in [2.75, 3.05) is 0 Å². The number of halogens is 2. The Kier molecular flexibility index (Phi) is 2.02. The highest BCUT2D eigenvalue weighted by Crippen LogP contribution is 2.43. The van der Waals surface area contributed by atoms with Gasteiger partial charge < -0.3 is 5.41 Å². The summed E-state index contributed by atoms with van der Waals surface area (Å²) in [5.41, 5.74) is 0. The largest absolute Gasteiger partial charge is 0.305 e. The first-order valence-electron chi connectivity index (χ1n) is 3.44. The molecule has 0 radical (unpaired) electrons. The molecule has 0 aromatic carbocycles. The van der Waals surface area contributed by atoms with Gasteiger partial charge >= 0.3 is 0 Å². The molecule has 0 heterocycles. The van der Waals surface area contributed by atoms with E-state index in [1.165, 1.54) is 0 Å². The molecule has 0 atom stereocenters. The smallest absolute Gasteiger partial charge is 0.248 e. The lowest BCUT2D eigenvalue weighted by Crippen LogP contribution is -2.36. The molecule has 0 aliphatic heterocycles. The monoisotopic (exact) mass is 161 g/mol. The number of carbonyl (C=O) groups excluding carboxylic acids is 1. The summed E-state index contributed by atoms with van der Waals surface area (Å²) in [4.78, 5) is 10.5. The minimum atomic E-state index is -2.55. The fourth-order valence-electron chi connectivity index (χ4n) is 1.27. The zero-order valence-electron chi connectivity index (χ0n) is 5.94. The summed E-state index contributed by atoms with van der Waals surface area (Å²) in [5.74, 6) is -3.10. The van der Waals surface area contributed by atoms with Gasteiger partial charge in [-0.1, -0.05) is 0 Å². The van der Waals surface area contributed by atoms with Crippen molar-refractivity contribution in [3.63, 3.8) is 0 Å². The summed E-state index contributed by atoms with van der Waals surface area (Å²) >= 11 is 0. The number of rotatable bonds is 3. The van der Waals surface area contributed by atoms with E-state index in [-0.39, 0.29) is 31.0 Å². The number of alkyl halides is 2. The Hall–Kier alpha value is -0.800. The Bertz CT molecular complexity index is 183. The first-order valence-corrected chi connectivity index (χ1v) is 3.44. The number of hydrogen-bond donors (Lipinski definition) is 1. The summed E-state index contributed by atoms with van der Waals surface area (Å²) in [5, 5.41) is 6.54. The topological polar surface area (TPSA) is 40.9 Å². The Balaban J connectivity index is 2.24. The first-order chi connectivity index (χ1) is 5.03. The van der Waals surface area contributed by atoms with Crippen molar-refractivity contribution >= 4 is 12.0 Å². The maximum Gasteiger partial charge on any atom is 0.248 e. The lowest BCUT2D eigenvalue weighted by molar-refractivity contribution is -0.127. The molecule has 0 aromatic rings. The highest BCUT2D eigenvalue weighted by Gasteiger charge is 2.45. The molecule has 1 aliphatic rings. The van der Waals surface area contributed by atoms with Gasteiger partial charge in [-0.25, -0.2) is 8.78 Å². The van der Waals surface area contributed by atoms with Crippen molar-refractivity contribution in [2.24, 2.45) is 5.92 Å². The van der Waals surface area contributed by atoms with Gasteiger partial charge in [-0.3, -0.25) is 4.79 Å². The van der Waals surface area contributed by atoms with Crippen molar-refractivity contribution in [1.82, 2.24) is 0 Å². The van der Waals surface area contributed by atoms with E-state index in [1.807, 2.05) is 0 Å². The van der Waals surface area contributed by atoms with E-state index in [4.69, 9.17) is 5.41 Å². The number of nitrogens with one attached hydrogen (secondary N) is 1. The van der Waals surface area contributed by atoms with Crippen molar-refractivity contribution in [3.05, 3.63) is 0 Å². The summed E-state index contributed by atoms with van der Waals surface area (Å²) in [7, 11) is 0. The van der Waals surface area contributed by atoms with Crippen LogP contribution >= 0.6 is 0 Å². The zero-order chi connectivity index (χ0) is 8.48. The predicted octanol–water partition coefficient (Wildman–Crippen LogP) is 1.64. The van der Waals surface area contributed by atoms with Crippen LogP contribution < -0.4 is 0 Å². The summed E-state index contributed by atoms with van der Waals surface area (Å²) in [6, 6.07) is 0. The second-order valence-corrected chi connectivity index (χ2v) is 2.94. The SMILES string of the molecule is N=CC(=O)CC1CC(F)(F)C1. The van der Waals surface area contributed by atoms with Crippen LogP contribution in [-0.4, -0.2) is 17.9 Å². The summed E-state index contributed by atoms with van der Waals surface area (Å²) in [6.45, 7) is 0. The molecule has 4 heteroatoms. The highest BCUT2D eigenvalue weighted by molar-refractivity contribution is 6.26. The molecular formula is C7H9F2NO. The average Bonchev–Trinajstić information content (AvgIpc) is 1.83. The van der Waals surface area contributed by atoms with Crippen LogP contribution in [0.3, 0.4) is 0 Å². The molecule has 0 bridgehead atoms. The maximum absolute atomic E-state index is 12.2. The van der Waals surface area contributed by atoms with Crippen LogP contribution in [0, 0.1) is 11.3 Å². The molecule has 1 fully saturated rings. The first kappa shape index (κ1) is 8.30. The van der Waals surface area contributed by atoms with Crippen LogP contribution in [0.1, 0.15) is 19.3 Å². The minimum absolute atomic E-state index is 0.110. The number of hydrogen-bond acceptors (Lipinski definition) is 2. The Morgan fingerprint density at radius 2 is 2.18 bits per heavy atom. The Morgan fingerprint density at radius 3 is 2.55 bits per heavy atom. The fourth-order valence-corrected chi connectivity index (χ4v) is 1.27. The molecule has 1 rings (SSSR count). The Morgan fingerprint density at radius 1 is 1.64 bits per heavy atom. The molecule has 1 N–H and O–H groups in total. The van der Waals surface area contributed by atoms with Gasteiger partial charge in [-0.15, -0.1) is 0 Å². The van der Waals surface area contributed by atoms with Crippen LogP contribution in [0.5, 0.6) is 0 Å². The van der Waals surface area contributed by atoms with Crippen molar-refractivity contribution < 1.29 is 13.6 Å². The molecule has 0 unspecified atom stereocenters. The van der Waals surface area contributed by atoms with Crippen LogP contribution in [-0.2, 0) is 4.79 Å². The summed E-state index contributed by atoms with van der Waals surface area (Å²) < 4.78 is 24.3. The molecule has 0 saturated heterocycles. The van der Waals surface area contributed by atoms with Gasteiger partial charge in [0.05, 0.1) is 6.21 Å². The van der Waals surface area contributed by atoms with E-state index in [2.05, 4.69) is 0 Å². The van der Waals surface area contributed by atoms with Crippen molar-refractivity contribution in [3.8, 4) is 0 Å². The molecule has 1 aliphatic carbocycles. The van der Waals surface area contributed by atoms with Crippen LogP contribution in [0.4, 0.5) is 8.78 Å². The number of ketones is 1. The highest BCUT2D eigenvalue weighted by atomic mass is 19.3. The van der Waals surface area contributed by atoms with Crippen LogP contribution in [0.15, 0.2) is 0 Å². The number of Topliss-reactive ketones (excluding diaryl/α,β-unsaturated/α-hetero) is 1. The van der Waals surface area contributed by atoms with Crippen LogP contribution in [0.25, 0.3) is 0 Å². The number of carbonyl (C=O) groups is 1. The lowest BCUT2D eigenvalue weighted by atomic mass is 9.78. The third-order valence-corrected chi connectivity index (χ3v) is 1.83. The van der Waals surface area contributed by atoms with Gasteiger partial charge in [0.25, 0.3) is 0 Å². The fraction of sp³-hybridized carbons (Fsp3) is 0.714. The van der Waals surface area contributed by atoms with Gasteiger partial charge in [0, 0.05) is 19.3 Å². The quantitative estimate of drug-likeness (QED) is 0.628. The third kappa shape index (κ3) is 2.06. The molecule has 11 heavy (non-hydrogen) atoms. The van der Waals surface area contributed by atoms with E-state index in [0.29, 0.717) is 6.21 Å². The van der Waals surface area contributed by atoms with Gasteiger partial charge in [0.1, 0.15) is 0 Å². The van der Waals surface area contributed by atoms with E-state index < -0.39 is 5.92 Å². The Labute approximate surface area is 63.1 Å². The molecule has 0 amide bonds. The molecule has 62 valence electrons. The van der Waals surface area contributed by atoms with E-state index in [1.54, 1.807) is 0 Å². The summed E-state index contributed by atoms with van der Waals surface area (Å²) in [6.07, 6.45) is 0.425. The molecule has 0 aromatic heterocycles. The zero-order valence-corrected chi connectivity index (χ0v) is 5.94. The van der Waals surface area contributed by atoms with E-state index in [0.717, 1.165) is 0 Å². The van der Waals surface area contributed by atoms with Gasteiger partial charge in [-0.05, 0) is 5.92 Å². The standard InChI is InChI=1S/C7H9F2NO/c8-7(9)2-5(3-7)1-6(11)4-10/h4-5,10H,1-3H2. The molecular weight excluding hydrogens is 152 g/mol. The van der Waals surface area contributed by atoms with Gasteiger partial charge in [-0.2, -0.15) is 0 Å². The van der Waals surface area contributed by atoms with Gasteiger partial charge in [0.2, 0.25) is 5.92 Å². The van der Waals surface area contributed by atoms with E-state index in [9.17, 15) is 13.6 Å². The van der Waals surface area contributed by atoms with Gasteiger partial charge in [0.15, 0.2) is 5.78 Å². The normalized spacial score (nSPS) is 22.4. The van der Waals surface area contributed by atoms with E-state index >= 15 is 0 Å². The third-order valence-electron chi connectivity index (χ3n) is 1.83. The maximum atomic E-state index is 12.2. The minimum Gasteiger partial charge on any atom is -0.305 e. The molecule has 1 saturated carbocycles. The lowest BCUT2D eigenvalue weighted by Gasteiger charge is -2.34. The molecule has 0 spiro atoms. The molecule has 2 nitrogen and oxygen atoms in total.